The summed E-state index contributed by atoms with van der Waals surface area (Å²) in [6, 6.07) is 0.105. The monoisotopic (exact) mass is 281 g/mol. The number of hydrogen-bond donors (Lipinski definition) is 1. The average Bonchev–Trinajstić information content (AvgIpc) is 2.41. The second-order valence-corrected chi connectivity index (χ2v) is 5.21. The zero-order chi connectivity index (χ0) is 14.7. The molecule has 1 atom stereocenters. The van der Waals surface area contributed by atoms with Crippen LogP contribution in [0.15, 0.2) is 6.20 Å². The van der Waals surface area contributed by atoms with Gasteiger partial charge in [-0.05, 0) is 12.8 Å². The van der Waals surface area contributed by atoms with Crippen LogP contribution in [0.4, 0.5) is 16.2 Å². The molecule has 1 amide bonds. The van der Waals surface area contributed by atoms with Crippen molar-refractivity contribution in [3.8, 4) is 0 Å². The lowest BCUT2D eigenvalue weighted by Crippen LogP contribution is -2.44. The number of carbonyl (C=O) groups is 1. The lowest BCUT2D eigenvalue weighted by Gasteiger charge is -2.32. The highest BCUT2D eigenvalue weighted by atomic mass is 19.1. The molecule has 0 aromatic carbocycles. The predicted molar refractivity (Wildman–Crippen MR) is 75.2 cm³/mol. The zero-order valence-corrected chi connectivity index (χ0v) is 12.1. The predicted octanol–water partition coefficient (Wildman–Crippen LogP) is 1.10. The van der Waals surface area contributed by atoms with Gasteiger partial charge in [-0.1, -0.05) is 0 Å². The molecule has 0 radical (unpaired) electrons. The molecule has 1 N–H and O–H groups in total. The minimum absolute atomic E-state index is 0.0745. The minimum atomic E-state index is -0.449. The maximum absolute atomic E-state index is 13.5. The summed E-state index contributed by atoms with van der Waals surface area (Å²) >= 11 is 0. The van der Waals surface area contributed by atoms with E-state index >= 15 is 0 Å². The Bertz CT molecular complexity index is 494. The summed E-state index contributed by atoms with van der Waals surface area (Å²) in [5, 5.41) is 3.18. The topological polar surface area (TPSA) is 61.4 Å². The fraction of sp³-hybridized carbons (Fsp3) is 0.615. The summed E-state index contributed by atoms with van der Waals surface area (Å²) in [5.41, 5.74) is 0. The first-order valence-electron chi connectivity index (χ1n) is 6.69. The third-order valence-corrected chi connectivity index (χ3v) is 3.35. The maximum atomic E-state index is 13.5. The fourth-order valence-electron chi connectivity index (χ4n) is 2.30. The number of nitrogens with zero attached hydrogens (tertiary/aromatic N) is 4. The first kappa shape index (κ1) is 14.5. The molecule has 1 saturated heterocycles. The molecule has 1 aromatic rings. The van der Waals surface area contributed by atoms with Crippen LogP contribution in [0.1, 0.15) is 19.8 Å². The number of halogens is 1. The molecule has 6 nitrogen and oxygen atoms in total. The Kier molecular flexibility index (Phi) is 4.36. The Morgan fingerprint density at radius 1 is 1.55 bits per heavy atom. The van der Waals surface area contributed by atoms with Crippen molar-refractivity contribution < 1.29 is 9.18 Å². The van der Waals surface area contributed by atoms with Gasteiger partial charge in [-0.15, -0.1) is 0 Å². The quantitative estimate of drug-likeness (QED) is 0.899. The van der Waals surface area contributed by atoms with Crippen molar-refractivity contribution in [1.82, 2.24) is 14.9 Å². The summed E-state index contributed by atoms with van der Waals surface area (Å²) in [4.78, 5) is 22.9. The van der Waals surface area contributed by atoms with Crippen LogP contribution in [0.2, 0.25) is 0 Å². The molecule has 0 saturated carbocycles. The first-order valence-corrected chi connectivity index (χ1v) is 6.69. The smallest absolute Gasteiger partial charge is 0.225 e. The van der Waals surface area contributed by atoms with Gasteiger partial charge in [0.1, 0.15) is 0 Å². The van der Waals surface area contributed by atoms with Crippen molar-refractivity contribution in [1.29, 1.82) is 0 Å². The number of anilines is 2. The highest BCUT2D eigenvalue weighted by Gasteiger charge is 2.22. The number of amides is 1. The van der Waals surface area contributed by atoms with Crippen molar-refractivity contribution in [2.24, 2.45) is 0 Å². The number of hydrogen-bond acceptors (Lipinski definition) is 5. The van der Waals surface area contributed by atoms with Gasteiger partial charge in [0.25, 0.3) is 0 Å². The van der Waals surface area contributed by atoms with Crippen molar-refractivity contribution in [2.75, 3.05) is 37.4 Å². The van der Waals surface area contributed by atoms with Crippen molar-refractivity contribution in [3.05, 3.63) is 12.0 Å². The molecule has 1 aliphatic rings. The van der Waals surface area contributed by atoms with E-state index in [4.69, 9.17) is 0 Å². The summed E-state index contributed by atoms with van der Waals surface area (Å²) in [5.74, 6) is 0.271. The van der Waals surface area contributed by atoms with E-state index in [-0.39, 0.29) is 17.8 Å². The van der Waals surface area contributed by atoms with Gasteiger partial charge in [0, 0.05) is 40.2 Å². The van der Waals surface area contributed by atoms with Crippen LogP contribution in [0.5, 0.6) is 0 Å². The number of aromatic nitrogens is 2. The SMILES string of the molecule is CC(=O)N1CCCC(Nc2ncc(F)c(N(C)C)n2)C1. The van der Waals surface area contributed by atoms with Crippen LogP contribution in [0.25, 0.3) is 0 Å². The second kappa shape index (κ2) is 6.02. The van der Waals surface area contributed by atoms with Gasteiger partial charge in [-0.25, -0.2) is 9.37 Å². The van der Waals surface area contributed by atoms with E-state index in [1.54, 1.807) is 30.8 Å². The van der Waals surface area contributed by atoms with E-state index in [1.807, 2.05) is 0 Å². The zero-order valence-electron chi connectivity index (χ0n) is 12.1. The highest BCUT2D eigenvalue weighted by Crippen LogP contribution is 2.17. The highest BCUT2D eigenvalue weighted by molar-refractivity contribution is 5.73. The minimum Gasteiger partial charge on any atom is -0.360 e. The third kappa shape index (κ3) is 3.34. The average molecular weight is 281 g/mol. The normalized spacial score (nSPS) is 18.8. The Morgan fingerprint density at radius 2 is 2.30 bits per heavy atom. The molecular weight excluding hydrogens is 261 g/mol. The van der Waals surface area contributed by atoms with Crippen molar-refractivity contribution in [3.63, 3.8) is 0 Å². The lowest BCUT2D eigenvalue weighted by molar-refractivity contribution is -0.129. The molecule has 110 valence electrons. The molecule has 1 unspecified atom stereocenters. The van der Waals surface area contributed by atoms with Crippen LogP contribution in [0.3, 0.4) is 0 Å². The van der Waals surface area contributed by atoms with Crippen LogP contribution >= 0.6 is 0 Å². The van der Waals surface area contributed by atoms with Crippen LogP contribution < -0.4 is 10.2 Å². The third-order valence-electron chi connectivity index (χ3n) is 3.35. The van der Waals surface area contributed by atoms with Crippen molar-refractivity contribution >= 4 is 17.7 Å². The molecule has 20 heavy (non-hydrogen) atoms. The van der Waals surface area contributed by atoms with Gasteiger partial charge >= 0.3 is 0 Å². The first-order chi connectivity index (χ1) is 9.47. The van der Waals surface area contributed by atoms with E-state index in [0.717, 1.165) is 25.6 Å². The van der Waals surface area contributed by atoms with Crippen LogP contribution in [-0.4, -0.2) is 54.0 Å². The van der Waals surface area contributed by atoms with E-state index in [2.05, 4.69) is 15.3 Å². The molecule has 2 heterocycles. The van der Waals surface area contributed by atoms with E-state index < -0.39 is 5.82 Å². The van der Waals surface area contributed by atoms with E-state index in [9.17, 15) is 9.18 Å². The summed E-state index contributed by atoms with van der Waals surface area (Å²) in [7, 11) is 3.46. The van der Waals surface area contributed by atoms with Gasteiger partial charge in [-0.3, -0.25) is 4.79 Å². The molecule has 0 spiro atoms. The fourth-order valence-corrected chi connectivity index (χ4v) is 2.30. The number of nitrogens with one attached hydrogen (secondary N) is 1. The Labute approximate surface area is 118 Å². The maximum Gasteiger partial charge on any atom is 0.225 e. The van der Waals surface area contributed by atoms with Crippen molar-refractivity contribution in [2.45, 2.75) is 25.8 Å². The summed E-state index contributed by atoms with van der Waals surface area (Å²) in [6.07, 6.45) is 3.05. The molecule has 0 bridgehead atoms. The molecule has 7 heteroatoms. The van der Waals surface area contributed by atoms with Crippen LogP contribution in [-0.2, 0) is 4.79 Å². The lowest BCUT2D eigenvalue weighted by atomic mass is 10.1. The molecule has 1 aliphatic heterocycles. The Morgan fingerprint density at radius 3 is 2.95 bits per heavy atom. The number of carbonyl (C=O) groups excluding carboxylic acids is 1. The van der Waals surface area contributed by atoms with Gasteiger partial charge in [0.15, 0.2) is 11.6 Å². The van der Waals surface area contributed by atoms with E-state index in [0.29, 0.717) is 12.5 Å². The van der Waals surface area contributed by atoms with Gasteiger partial charge in [0.2, 0.25) is 11.9 Å². The number of likely N-dealkylation sites (tertiary alicyclic amines) is 1. The molecular formula is C13H20FN5O. The van der Waals surface area contributed by atoms with Crippen LogP contribution in [0, 0.1) is 5.82 Å². The standard InChI is InChI=1S/C13H20FN5O/c1-9(20)19-6-4-5-10(8-19)16-13-15-7-11(14)12(17-13)18(2)3/h7,10H,4-6,8H2,1-3H3,(H,15,16,17). The Balaban J connectivity index is 2.06. The number of rotatable bonds is 3. The summed E-state index contributed by atoms with van der Waals surface area (Å²) in [6.45, 7) is 3.00. The second-order valence-electron chi connectivity index (χ2n) is 5.21. The molecule has 0 aliphatic carbocycles. The summed E-state index contributed by atoms with van der Waals surface area (Å²) < 4.78 is 13.5. The largest absolute Gasteiger partial charge is 0.360 e. The molecule has 1 aromatic heterocycles. The van der Waals surface area contributed by atoms with Gasteiger partial charge in [0.05, 0.1) is 6.20 Å². The van der Waals surface area contributed by atoms with E-state index in [1.165, 1.54) is 0 Å². The number of piperidine rings is 1. The molecule has 2 rings (SSSR count). The Hall–Kier alpha value is -1.92. The van der Waals surface area contributed by atoms with Gasteiger partial charge < -0.3 is 15.1 Å². The van der Waals surface area contributed by atoms with Gasteiger partial charge in [-0.2, -0.15) is 4.98 Å². The molecule has 1 fully saturated rings.